The zero-order chi connectivity index (χ0) is 9.80. The van der Waals surface area contributed by atoms with E-state index < -0.39 is 0 Å². The molecule has 1 aromatic heterocycles. The van der Waals surface area contributed by atoms with E-state index in [0.29, 0.717) is 5.22 Å². The van der Waals surface area contributed by atoms with Gasteiger partial charge in [0.25, 0.3) is 5.22 Å². The summed E-state index contributed by atoms with van der Waals surface area (Å²) in [6.45, 7) is 0. The second-order valence-electron chi connectivity index (χ2n) is 2.71. The summed E-state index contributed by atoms with van der Waals surface area (Å²) < 4.78 is 6.22. The smallest absolute Gasteiger partial charge is 0.255 e. The Morgan fingerprint density at radius 1 is 1.29 bits per heavy atom. The van der Waals surface area contributed by atoms with Crippen molar-refractivity contribution in [3.63, 3.8) is 0 Å². The molecule has 0 aliphatic rings. The summed E-state index contributed by atoms with van der Waals surface area (Å²) in [5.74, 6) is 0.883. The maximum absolute atomic E-state index is 5.12. The van der Waals surface area contributed by atoms with Crippen LogP contribution in [0.5, 0.6) is 0 Å². The van der Waals surface area contributed by atoms with Gasteiger partial charge in [-0.05, 0) is 17.7 Å². The first kappa shape index (κ1) is 9.80. The molecule has 0 unspecified atom stereocenters. The lowest BCUT2D eigenvalue weighted by Gasteiger charge is -1.98. The monoisotopic (exact) mass is 269 g/mol. The molecule has 0 spiro atoms. The number of thioether (sulfide) groups is 1. The van der Waals surface area contributed by atoms with Crippen LogP contribution in [0.1, 0.15) is 5.56 Å². The van der Waals surface area contributed by atoms with Crippen molar-refractivity contribution in [2.24, 2.45) is 0 Å². The topological polar surface area (TPSA) is 26.0 Å². The van der Waals surface area contributed by atoms with Crippen LogP contribution in [0.3, 0.4) is 0 Å². The molecule has 2 rings (SSSR count). The van der Waals surface area contributed by atoms with Gasteiger partial charge < -0.3 is 4.42 Å². The molecule has 14 heavy (non-hydrogen) atoms. The number of rotatable bonds is 3. The molecule has 0 aliphatic carbocycles. The van der Waals surface area contributed by atoms with E-state index >= 15 is 0 Å². The Morgan fingerprint density at radius 2 is 2.07 bits per heavy atom. The van der Waals surface area contributed by atoms with Crippen molar-refractivity contribution in [1.29, 1.82) is 0 Å². The van der Waals surface area contributed by atoms with Crippen molar-refractivity contribution >= 4 is 27.7 Å². The molecule has 0 saturated carbocycles. The summed E-state index contributed by atoms with van der Waals surface area (Å²) in [5, 5.41) is 0.716. The van der Waals surface area contributed by atoms with Gasteiger partial charge in [0, 0.05) is 10.2 Å². The average molecular weight is 270 g/mol. The Kier molecular flexibility index (Phi) is 3.26. The highest BCUT2D eigenvalue weighted by molar-refractivity contribution is 9.10. The Balaban J connectivity index is 1.95. The average Bonchev–Trinajstić information content (AvgIpc) is 2.70. The molecule has 0 saturated heterocycles. The van der Waals surface area contributed by atoms with E-state index in [1.807, 2.05) is 12.1 Å². The Bertz CT molecular complexity index is 385. The Labute approximate surface area is 94.9 Å². The van der Waals surface area contributed by atoms with E-state index in [4.69, 9.17) is 4.42 Å². The van der Waals surface area contributed by atoms with Crippen LogP contribution in [0, 0.1) is 0 Å². The molecule has 0 bridgehead atoms. The lowest BCUT2D eigenvalue weighted by Crippen LogP contribution is -1.79. The number of aromatic nitrogens is 1. The zero-order valence-electron chi connectivity index (χ0n) is 7.31. The zero-order valence-corrected chi connectivity index (χ0v) is 9.72. The van der Waals surface area contributed by atoms with E-state index in [-0.39, 0.29) is 0 Å². The molecule has 2 nitrogen and oxygen atoms in total. The van der Waals surface area contributed by atoms with Crippen molar-refractivity contribution in [3.8, 4) is 0 Å². The third-order valence-electron chi connectivity index (χ3n) is 1.69. The van der Waals surface area contributed by atoms with Crippen LogP contribution in [0.25, 0.3) is 0 Å². The molecule has 72 valence electrons. The molecule has 2 aromatic rings. The third kappa shape index (κ3) is 2.62. The number of nitrogens with zero attached hydrogens (tertiary/aromatic N) is 1. The van der Waals surface area contributed by atoms with Gasteiger partial charge in [-0.2, -0.15) is 0 Å². The lowest BCUT2D eigenvalue weighted by atomic mass is 10.2. The highest BCUT2D eigenvalue weighted by atomic mass is 79.9. The molecular weight excluding hydrogens is 262 g/mol. The van der Waals surface area contributed by atoms with Crippen LogP contribution in [0.2, 0.25) is 0 Å². The summed E-state index contributed by atoms with van der Waals surface area (Å²) in [7, 11) is 0. The predicted molar refractivity (Wildman–Crippen MR) is 60.2 cm³/mol. The third-order valence-corrected chi connectivity index (χ3v) is 3.14. The standard InChI is InChI=1S/C10H8BrNOS/c11-9-3-1-8(2-4-9)7-14-10-12-5-6-13-10/h1-6H,7H2. The number of hydrogen-bond donors (Lipinski definition) is 0. The van der Waals surface area contributed by atoms with Crippen molar-refractivity contribution < 1.29 is 4.42 Å². The first-order chi connectivity index (χ1) is 6.84. The van der Waals surface area contributed by atoms with E-state index in [2.05, 4.69) is 33.0 Å². The van der Waals surface area contributed by atoms with E-state index in [0.717, 1.165) is 10.2 Å². The van der Waals surface area contributed by atoms with Gasteiger partial charge in [0.2, 0.25) is 0 Å². The molecule has 0 radical (unpaired) electrons. The lowest BCUT2D eigenvalue weighted by molar-refractivity contribution is 0.454. The molecule has 0 atom stereocenters. The summed E-state index contributed by atoms with van der Waals surface area (Å²) in [4.78, 5) is 4.04. The normalized spacial score (nSPS) is 10.4. The minimum absolute atomic E-state index is 0.716. The van der Waals surface area contributed by atoms with Crippen LogP contribution in [-0.4, -0.2) is 4.98 Å². The number of hydrogen-bond acceptors (Lipinski definition) is 3. The fraction of sp³-hybridized carbons (Fsp3) is 0.100. The van der Waals surface area contributed by atoms with Gasteiger partial charge in [-0.3, -0.25) is 0 Å². The van der Waals surface area contributed by atoms with Gasteiger partial charge in [0.1, 0.15) is 6.26 Å². The van der Waals surface area contributed by atoms with E-state index in [9.17, 15) is 0 Å². The number of oxazole rings is 1. The highest BCUT2D eigenvalue weighted by Crippen LogP contribution is 2.21. The summed E-state index contributed by atoms with van der Waals surface area (Å²) in [6.07, 6.45) is 3.24. The van der Waals surface area contributed by atoms with Crippen molar-refractivity contribution in [1.82, 2.24) is 4.98 Å². The molecule has 0 aliphatic heterocycles. The second kappa shape index (κ2) is 4.66. The van der Waals surface area contributed by atoms with E-state index in [1.165, 1.54) is 5.56 Å². The maximum Gasteiger partial charge on any atom is 0.255 e. The minimum atomic E-state index is 0.716. The van der Waals surface area contributed by atoms with Gasteiger partial charge in [0.05, 0.1) is 6.20 Å². The molecule has 4 heteroatoms. The predicted octanol–water partition coefficient (Wildman–Crippen LogP) is 3.73. The van der Waals surface area contributed by atoms with Gasteiger partial charge in [-0.15, -0.1) is 0 Å². The first-order valence-corrected chi connectivity index (χ1v) is 5.89. The Morgan fingerprint density at radius 3 is 2.71 bits per heavy atom. The molecule has 0 fully saturated rings. The minimum Gasteiger partial charge on any atom is -0.440 e. The fourth-order valence-electron chi connectivity index (χ4n) is 1.01. The fourth-order valence-corrected chi connectivity index (χ4v) is 2.01. The second-order valence-corrected chi connectivity index (χ2v) is 4.56. The van der Waals surface area contributed by atoms with Crippen LogP contribution < -0.4 is 0 Å². The van der Waals surface area contributed by atoms with Gasteiger partial charge in [-0.25, -0.2) is 4.98 Å². The summed E-state index contributed by atoms with van der Waals surface area (Å²) in [6, 6.07) is 8.23. The van der Waals surface area contributed by atoms with Gasteiger partial charge in [0.15, 0.2) is 0 Å². The van der Waals surface area contributed by atoms with Crippen molar-refractivity contribution in [2.75, 3.05) is 0 Å². The summed E-state index contributed by atoms with van der Waals surface area (Å²) in [5.41, 5.74) is 1.26. The highest BCUT2D eigenvalue weighted by Gasteiger charge is 1.99. The summed E-state index contributed by atoms with van der Waals surface area (Å²) >= 11 is 4.99. The molecule has 1 aromatic carbocycles. The largest absolute Gasteiger partial charge is 0.440 e. The SMILES string of the molecule is Brc1ccc(CSc2ncco2)cc1. The number of halogens is 1. The van der Waals surface area contributed by atoms with Crippen LogP contribution in [-0.2, 0) is 5.75 Å². The Hall–Kier alpha value is -0.740. The van der Waals surface area contributed by atoms with Gasteiger partial charge >= 0.3 is 0 Å². The molecular formula is C10H8BrNOS. The van der Waals surface area contributed by atoms with Crippen LogP contribution in [0.4, 0.5) is 0 Å². The van der Waals surface area contributed by atoms with Crippen LogP contribution in [0.15, 0.2) is 50.8 Å². The van der Waals surface area contributed by atoms with Crippen molar-refractivity contribution in [3.05, 3.63) is 46.8 Å². The first-order valence-electron chi connectivity index (χ1n) is 4.11. The number of benzene rings is 1. The van der Waals surface area contributed by atoms with Crippen LogP contribution >= 0.6 is 27.7 Å². The molecule has 1 heterocycles. The maximum atomic E-state index is 5.12. The van der Waals surface area contributed by atoms with Crippen molar-refractivity contribution in [2.45, 2.75) is 11.0 Å². The molecule has 0 amide bonds. The molecule has 0 N–H and O–H groups in total. The van der Waals surface area contributed by atoms with Gasteiger partial charge in [-0.1, -0.05) is 39.8 Å². The van der Waals surface area contributed by atoms with E-state index in [1.54, 1.807) is 24.2 Å². The quantitative estimate of drug-likeness (QED) is 0.795.